The molecule has 118 valence electrons. The van der Waals surface area contributed by atoms with Gasteiger partial charge in [0, 0.05) is 44.8 Å². The lowest BCUT2D eigenvalue weighted by atomic mass is 10.2. The van der Waals surface area contributed by atoms with Gasteiger partial charge in [0.1, 0.15) is 5.76 Å². The third kappa shape index (κ3) is 4.07. The summed E-state index contributed by atoms with van der Waals surface area (Å²) in [6.45, 7) is 10.6. The van der Waals surface area contributed by atoms with Crippen LogP contribution in [0.4, 0.5) is 0 Å². The Kier molecular flexibility index (Phi) is 5.30. The fraction of sp³-hybridized carbons (Fsp3) is 0.750. The minimum atomic E-state index is 0.575. The molecule has 1 aromatic heterocycles. The van der Waals surface area contributed by atoms with Crippen molar-refractivity contribution in [2.75, 3.05) is 45.9 Å². The Balaban J connectivity index is 1.38. The molecule has 1 N–H and O–H groups in total. The molecule has 2 aliphatic rings. The van der Waals surface area contributed by atoms with Gasteiger partial charge < -0.3 is 14.5 Å². The first-order valence-corrected chi connectivity index (χ1v) is 8.12. The van der Waals surface area contributed by atoms with E-state index in [1.165, 1.54) is 19.5 Å². The van der Waals surface area contributed by atoms with Crippen LogP contribution in [0.5, 0.6) is 0 Å². The van der Waals surface area contributed by atoms with E-state index < -0.39 is 0 Å². The third-order valence-electron chi connectivity index (χ3n) is 4.70. The lowest BCUT2D eigenvalue weighted by molar-refractivity contribution is 0.0178. The molecule has 0 aliphatic carbocycles. The summed E-state index contributed by atoms with van der Waals surface area (Å²) >= 11 is 0. The van der Waals surface area contributed by atoms with E-state index in [1.807, 2.05) is 12.1 Å². The molecule has 5 heteroatoms. The summed E-state index contributed by atoms with van der Waals surface area (Å²) in [4.78, 5) is 5.21. The van der Waals surface area contributed by atoms with Gasteiger partial charge >= 0.3 is 0 Å². The van der Waals surface area contributed by atoms with Crippen LogP contribution in [-0.4, -0.2) is 67.8 Å². The van der Waals surface area contributed by atoms with E-state index in [0.717, 1.165) is 51.2 Å². The molecule has 0 amide bonds. The number of nitrogens with zero attached hydrogens (tertiary/aromatic N) is 2. The summed E-state index contributed by atoms with van der Waals surface area (Å²) in [5.74, 6) is 1.01. The second-order valence-electron chi connectivity index (χ2n) is 6.15. The van der Waals surface area contributed by atoms with Crippen LogP contribution in [0.1, 0.15) is 19.1 Å². The molecule has 1 aromatic rings. The van der Waals surface area contributed by atoms with Crippen molar-refractivity contribution in [1.29, 1.82) is 0 Å². The van der Waals surface area contributed by atoms with Gasteiger partial charge in [-0.3, -0.25) is 9.80 Å². The number of ether oxygens (including phenoxy) is 1. The van der Waals surface area contributed by atoms with Crippen molar-refractivity contribution in [3.63, 3.8) is 0 Å². The van der Waals surface area contributed by atoms with Crippen molar-refractivity contribution >= 4 is 0 Å². The zero-order chi connectivity index (χ0) is 14.5. The SMILES string of the molecule is CC(CNCc1ccco1)N1CCC(N2CCOCC2)C1. The molecule has 2 unspecified atom stereocenters. The Morgan fingerprint density at radius 1 is 1.33 bits per heavy atom. The third-order valence-corrected chi connectivity index (χ3v) is 4.70. The molecular weight excluding hydrogens is 266 g/mol. The maximum Gasteiger partial charge on any atom is 0.117 e. The Morgan fingerprint density at radius 3 is 2.95 bits per heavy atom. The monoisotopic (exact) mass is 293 g/mol. The lowest BCUT2D eigenvalue weighted by Crippen LogP contribution is -2.46. The summed E-state index contributed by atoms with van der Waals surface area (Å²) in [6.07, 6.45) is 3.02. The van der Waals surface area contributed by atoms with Crippen LogP contribution < -0.4 is 5.32 Å². The lowest BCUT2D eigenvalue weighted by Gasteiger charge is -2.33. The zero-order valence-corrected chi connectivity index (χ0v) is 13.0. The number of nitrogens with one attached hydrogen (secondary N) is 1. The van der Waals surface area contributed by atoms with Crippen molar-refractivity contribution in [2.45, 2.75) is 32.0 Å². The van der Waals surface area contributed by atoms with Crippen molar-refractivity contribution in [1.82, 2.24) is 15.1 Å². The molecule has 3 heterocycles. The maximum absolute atomic E-state index is 5.45. The average molecular weight is 293 g/mol. The minimum absolute atomic E-state index is 0.575. The van der Waals surface area contributed by atoms with E-state index in [0.29, 0.717) is 6.04 Å². The topological polar surface area (TPSA) is 40.9 Å². The van der Waals surface area contributed by atoms with Gasteiger partial charge in [-0.2, -0.15) is 0 Å². The number of morpholine rings is 1. The highest BCUT2D eigenvalue weighted by Gasteiger charge is 2.30. The summed E-state index contributed by atoms with van der Waals surface area (Å²) in [6, 6.07) is 5.25. The molecule has 0 radical (unpaired) electrons. The Bertz CT molecular complexity index is 404. The molecule has 0 saturated carbocycles. The first kappa shape index (κ1) is 15.0. The second-order valence-corrected chi connectivity index (χ2v) is 6.15. The average Bonchev–Trinajstić information content (AvgIpc) is 3.20. The largest absolute Gasteiger partial charge is 0.468 e. The van der Waals surface area contributed by atoms with Crippen molar-refractivity contribution < 1.29 is 9.15 Å². The van der Waals surface area contributed by atoms with Crippen LogP contribution in [0.2, 0.25) is 0 Å². The number of rotatable bonds is 6. The van der Waals surface area contributed by atoms with Crippen molar-refractivity contribution in [3.8, 4) is 0 Å². The maximum atomic E-state index is 5.45. The molecule has 2 fully saturated rings. The van der Waals surface area contributed by atoms with Crippen LogP contribution in [0.15, 0.2) is 22.8 Å². The minimum Gasteiger partial charge on any atom is -0.468 e. The molecule has 2 atom stereocenters. The van der Waals surface area contributed by atoms with Crippen molar-refractivity contribution in [3.05, 3.63) is 24.2 Å². The molecule has 0 aromatic carbocycles. The van der Waals surface area contributed by atoms with Gasteiger partial charge in [0.25, 0.3) is 0 Å². The molecule has 2 aliphatic heterocycles. The van der Waals surface area contributed by atoms with Crippen LogP contribution in [0.25, 0.3) is 0 Å². The smallest absolute Gasteiger partial charge is 0.117 e. The van der Waals surface area contributed by atoms with Crippen LogP contribution in [0.3, 0.4) is 0 Å². The molecular formula is C16H27N3O2. The fourth-order valence-electron chi connectivity index (χ4n) is 3.36. The normalized spacial score (nSPS) is 26.2. The molecule has 2 saturated heterocycles. The molecule has 0 spiro atoms. The highest BCUT2D eigenvalue weighted by atomic mass is 16.5. The molecule has 3 rings (SSSR count). The van der Waals surface area contributed by atoms with Gasteiger partial charge in [-0.1, -0.05) is 0 Å². The quantitative estimate of drug-likeness (QED) is 0.852. The summed E-state index contributed by atoms with van der Waals surface area (Å²) in [5.41, 5.74) is 0. The molecule has 0 bridgehead atoms. The highest BCUT2D eigenvalue weighted by molar-refractivity contribution is 4.97. The summed E-state index contributed by atoms with van der Waals surface area (Å²) < 4.78 is 10.8. The predicted molar refractivity (Wildman–Crippen MR) is 82.2 cm³/mol. The van der Waals surface area contributed by atoms with Crippen molar-refractivity contribution in [2.24, 2.45) is 0 Å². The zero-order valence-electron chi connectivity index (χ0n) is 13.0. The van der Waals surface area contributed by atoms with Gasteiger partial charge in [0.2, 0.25) is 0 Å². The number of likely N-dealkylation sites (tertiary alicyclic amines) is 1. The Labute approximate surface area is 127 Å². The van der Waals surface area contributed by atoms with E-state index in [9.17, 15) is 0 Å². The standard InChI is InChI=1S/C16H27N3O2/c1-14(11-17-12-16-3-2-8-21-16)19-5-4-15(13-19)18-6-9-20-10-7-18/h2-3,8,14-15,17H,4-7,9-13H2,1H3. The highest BCUT2D eigenvalue weighted by Crippen LogP contribution is 2.18. The van der Waals surface area contributed by atoms with Crippen LogP contribution in [0, 0.1) is 0 Å². The summed E-state index contributed by atoms with van der Waals surface area (Å²) in [5, 5.41) is 3.49. The number of hydrogen-bond donors (Lipinski definition) is 1. The first-order valence-electron chi connectivity index (χ1n) is 8.12. The number of furan rings is 1. The van der Waals surface area contributed by atoms with E-state index in [1.54, 1.807) is 6.26 Å². The van der Waals surface area contributed by atoms with Crippen LogP contribution >= 0.6 is 0 Å². The summed E-state index contributed by atoms with van der Waals surface area (Å²) in [7, 11) is 0. The van der Waals surface area contributed by atoms with Gasteiger partial charge in [-0.25, -0.2) is 0 Å². The van der Waals surface area contributed by atoms with E-state index in [4.69, 9.17) is 9.15 Å². The van der Waals surface area contributed by atoms with E-state index >= 15 is 0 Å². The molecule has 5 nitrogen and oxygen atoms in total. The van der Waals surface area contributed by atoms with E-state index in [-0.39, 0.29) is 0 Å². The van der Waals surface area contributed by atoms with Gasteiger partial charge in [-0.05, 0) is 25.5 Å². The second kappa shape index (κ2) is 7.40. The Morgan fingerprint density at radius 2 is 2.19 bits per heavy atom. The van der Waals surface area contributed by atoms with Gasteiger partial charge in [-0.15, -0.1) is 0 Å². The van der Waals surface area contributed by atoms with Gasteiger partial charge in [0.05, 0.1) is 26.0 Å². The molecule has 21 heavy (non-hydrogen) atoms. The first-order chi connectivity index (χ1) is 10.3. The fourth-order valence-corrected chi connectivity index (χ4v) is 3.36. The van der Waals surface area contributed by atoms with Gasteiger partial charge in [0.15, 0.2) is 0 Å². The van der Waals surface area contributed by atoms with Crippen LogP contribution in [-0.2, 0) is 11.3 Å². The predicted octanol–water partition coefficient (Wildman–Crippen LogP) is 1.16. The Hall–Kier alpha value is -0.880. The number of hydrogen-bond acceptors (Lipinski definition) is 5. The van der Waals surface area contributed by atoms with E-state index in [2.05, 4.69) is 22.0 Å².